The third kappa shape index (κ3) is 2.32. The molecule has 3 heterocycles. The molecule has 1 nitrogen and oxygen atoms in total. The summed E-state index contributed by atoms with van der Waals surface area (Å²) in [5.41, 5.74) is 4.67. The van der Waals surface area contributed by atoms with Crippen LogP contribution in [0.15, 0.2) is 48.9 Å². The van der Waals surface area contributed by atoms with E-state index >= 15 is 0 Å². The summed E-state index contributed by atoms with van der Waals surface area (Å²) in [7, 11) is 0. The molecule has 0 spiro atoms. The van der Waals surface area contributed by atoms with Crippen LogP contribution in [0.4, 0.5) is 0 Å². The Bertz CT molecular complexity index is 632. The van der Waals surface area contributed by atoms with Crippen LogP contribution >= 0.6 is 54.5 Å². The average molecular weight is 401 g/mol. The molecular weight excluding hydrogens is 394 g/mol. The molecule has 5 heteroatoms. The zero-order valence-electron chi connectivity index (χ0n) is 9.06. The van der Waals surface area contributed by atoms with E-state index in [4.69, 9.17) is 0 Å². The lowest BCUT2D eigenvalue weighted by Crippen LogP contribution is -1.82. The zero-order chi connectivity index (χ0) is 12.5. The molecule has 0 radical (unpaired) electrons. The predicted molar refractivity (Wildman–Crippen MR) is 86.3 cm³/mol. The predicted octanol–water partition coefficient (Wildman–Crippen LogP) is 6.06. The molecule has 0 aliphatic heterocycles. The van der Waals surface area contributed by atoms with E-state index < -0.39 is 0 Å². The van der Waals surface area contributed by atoms with Crippen molar-refractivity contribution >= 4 is 54.5 Å². The fraction of sp³-hybridized carbons (Fsp3) is 0. The van der Waals surface area contributed by atoms with Crippen molar-refractivity contribution in [1.29, 1.82) is 0 Å². The van der Waals surface area contributed by atoms with Crippen LogP contribution < -0.4 is 0 Å². The summed E-state index contributed by atoms with van der Waals surface area (Å²) in [5.74, 6) is 0. The molecule has 3 aromatic rings. The maximum Gasteiger partial charge on any atom is 0.0777 e. The van der Waals surface area contributed by atoms with Crippen molar-refractivity contribution in [2.24, 2.45) is 0 Å². The van der Waals surface area contributed by atoms with Crippen LogP contribution in [-0.2, 0) is 0 Å². The van der Waals surface area contributed by atoms with Gasteiger partial charge in [0.15, 0.2) is 0 Å². The topological polar surface area (TPSA) is 12.9 Å². The minimum atomic E-state index is 1.14. The van der Waals surface area contributed by atoms with Gasteiger partial charge in [-0.25, -0.2) is 0 Å². The van der Waals surface area contributed by atoms with Crippen molar-refractivity contribution in [1.82, 2.24) is 4.98 Å². The Morgan fingerprint density at radius 1 is 0.833 bits per heavy atom. The molecule has 18 heavy (non-hydrogen) atoms. The van der Waals surface area contributed by atoms with Crippen LogP contribution in [0.25, 0.3) is 22.3 Å². The molecule has 3 rings (SSSR count). The van der Waals surface area contributed by atoms with Gasteiger partial charge in [0.25, 0.3) is 0 Å². The van der Waals surface area contributed by atoms with Gasteiger partial charge in [-0.15, -0.1) is 22.7 Å². The first-order chi connectivity index (χ1) is 8.75. The zero-order valence-corrected chi connectivity index (χ0v) is 13.9. The van der Waals surface area contributed by atoms with E-state index in [9.17, 15) is 0 Å². The highest BCUT2D eigenvalue weighted by Gasteiger charge is 2.09. The van der Waals surface area contributed by atoms with Crippen molar-refractivity contribution in [3.05, 3.63) is 48.9 Å². The van der Waals surface area contributed by atoms with E-state index in [-0.39, 0.29) is 0 Å². The van der Waals surface area contributed by atoms with Crippen molar-refractivity contribution in [2.75, 3.05) is 0 Å². The number of rotatable bonds is 2. The number of thiophene rings is 2. The minimum Gasteiger partial charge on any atom is -0.263 e. The first-order valence-electron chi connectivity index (χ1n) is 5.17. The smallest absolute Gasteiger partial charge is 0.0777 e. The number of nitrogens with zero attached hydrogens (tertiary/aromatic N) is 1. The summed E-state index contributed by atoms with van der Waals surface area (Å²) in [6, 6.07) is 6.39. The van der Waals surface area contributed by atoms with Crippen LogP contribution in [-0.4, -0.2) is 4.98 Å². The summed E-state index contributed by atoms with van der Waals surface area (Å²) < 4.78 is 2.29. The van der Waals surface area contributed by atoms with Gasteiger partial charge >= 0.3 is 0 Å². The first-order valence-corrected chi connectivity index (χ1v) is 8.52. The molecule has 0 aliphatic carbocycles. The molecule has 0 saturated heterocycles. The highest BCUT2D eigenvalue weighted by atomic mass is 79.9. The third-order valence-corrected chi connectivity index (χ3v) is 5.97. The average Bonchev–Trinajstić information content (AvgIpc) is 2.98. The minimum absolute atomic E-state index is 1.14. The summed E-state index contributed by atoms with van der Waals surface area (Å²) in [6.45, 7) is 0. The summed E-state index contributed by atoms with van der Waals surface area (Å²) in [5, 5.41) is 4.15. The van der Waals surface area contributed by atoms with Gasteiger partial charge in [0.2, 0.25) is 0 Å². The lowest BCUT2D eigenvalue weighted by Gasteiger charge is -2.03. The number of hydrogen-bond donors (Lipinski definition) is 0. The molecule has 0 unspecified atom stereocenters. The summed E-state index contributed by atoms with van der Waals surface area (Å²) in [4.78, 5) is 4.35. The molecule has 0 atom stereocenters. The van der Waals surface area contributed by atoms with Crippen LogP contribution in [0.3, 0.4) is 0 Å². The monoisotopic (exact) mass is 399 g/mol. The largest absolute Gasteiger partial charge is 0.263 e. The van der Waals surface area contributed by atoms with Crippen LogP contribution in [0.5, 0.6) is 0 Å². The van der Waals surface area contributed by atoms with E-state index in [1.54, 1.807) is 22.7 Å². The van der Waals surface area contributed by atoms with Crippen molar-refractivity contribution in [2.45, 2.75) is 0 Å². The van der Waals surface area contributed by atoms with Gasteiger partial charge in [0.1, 0.15) is 0 Å². The Morgan fingerprint density at radius 2 is 1.33 bits per heavy atom. The van der Waals surface area contributed by atoms with E-state index in [0.717, 1.165) is 18.7 Å². The lowest BCUT2D eigenvalue weighted by atomic mass is 10.1. The summed E-state index contributed by atoms with van der Waals surface area (Å²) in [6.07, 6.45) is 3.80. The Balaban J connectivity index is 2.11. The SMILES string of the molecule is Brc1sccc1-c1cncc(-c2ccsc2Br)c1. The molecule has 0 fully saturated rings. The van der Waals surface area contributed by atoms with Gasteiger partial charge in [-0.3, -0.25) is 4.98 Å². The fourth-order valence-corrected chi connectivity index (χ4v) is 4.38. The number of halogens is 2. The number of aromatic nitrogens is 1. The van der Waals surface area contributed by atoms with Gasteiger partial charge < -0.3 is 0 Å². The maximum absolute atomic E-state index is 4.35. The molecule has 0 N–H and O–H groups in total. The molecule has 0 amide bonds. The molecular formula is C13H7Br2NS2. The van der Waals surface area contributed by atoms with Crippen molar-refractivity contribution in [3.63, 3.8) is 0 Å². The fourth-order valence-electron chi connectivity index (χ4n) is 1.74. The van der Waals surface area contributed by atoms with E-state index in [1.807, 2.05) is 12.4 Å². The normalized spacial score (nSPS) is 10.8. The van der Waals surface area contributed by atoms with Crippen molar-refractivity contribution < 1.29 is 0 Å². The number of hydrogen-bond acceptors (Lipinski definition) is 3. The van der Waals surface area contributed by atoms with Gasteiger partial charge in [-0.05, 0) is 60.8 Å². The molecule has 0 aromatic carbocycles. The van der Waals surface area contributed by atoms with E-state index in [1.165, 1.54) is 11.1 Å². The molecule has 0 aliphatic rings. The Labute approximate surface area is 130 Å². The van der Waals surface area contributed by atoms with Gasteiger partial charge in [0.05, 0.1) is 7.57 Å². The lowest BCUT2D eigenvalue weighted by molar-refractivity contribution is 1.33. The number of pyridine rings is 1. The van der Waals surface area contributed by atoms with E-state index in [0.29, 0.717) is 0 Å². The Hall–Kier alpha value is -0.490. The highest BCUT2D eigenvalue weighted by molar-refractivity contribution is 9.11. The van der Waals surface area contributed by atoms with Gasteiger partial charge in [-0.1, -0.05) is 0 Å². The molecule has 0 bridgehead atoms. The summed E-state index contributed by atoms with van der Waals surface area (Å²) >= 11 is 10.5. The molecule has 0 saturated carbocycles. The second-order valence-corrected chi connectivity index (χ2v) is 8.15. The van der Waals surface area contributed by atoms with Gasteiger partial charge in [0, 0.05) is 34.6 Å². The van der Waals surface area contributed by atoms with Crippen LogP contribution in [0, 0.1) is 0 Å². The highest BCUT2D eigenvalue weighted by Crippen LogP contribution is 2.37. The van der Waals surface area contributed by atoms with Crippen LogP contribution in [0.1, 0.15) is 0 Å². The maximum atomic E-state index is 4.35. The standard InChI is InChI=1S/C13H7Br2NS2/c14-12-10(1-3-17-12)8-5-9(7-16-6-8)11-2-4-18-13(11)15/h1-7H. The molecule has 3 aromatic heterocycles. The Morgan fingerprint density at radius 3 is 1.72 bits per heavy atom. The third-order valence-electron chi connectivity index (χ3n) is 2.60. The Kier molecular flexibility index (Phi) is 3.66. The van der Waals surface area contributed by atoms with Gasteiger partial charge in [-0.2, -0.15) is 0 Å². The second kappa shape index (κ2) is 5.25. The molecule has 90 valence electrons. The van der Waals surface area contributed by atoms with Crippen LogP contribution in [0.2, 0.25) is 0 Å². The van der Waals surface area contributed by atoms with E-state index in [2.05, 4.69) is 65.8 Å². The second-order valence-electron chi connectivity index (χ2n) is 3.68. The quantitative estimate of drug-likeness (QED) is 0.509. The van der Waals surface area contributed by atoms with Crippen molar-refractivity contribution in [3.8, 4) is 22.3 Å². The first kappa shape index (κ1) is 12.5.